The molecule has 0 spiro atoms. The predicted octanol–water partition coefficient (Wildman–Crippen LogP) is 3.38. The van der Waals surface area contributed by atoms with Crippen molar-refractivity contribution < 1.29 is 14.3 Å². The highest BCUT2D eigenvalue weighted by Gasteiger charge is 2.11. The maximum atomic E-state index is 13.8. The van der Waals surface area contributed by atoms with Gasteiger partial charge in [0.05, 0.1) is 11.3 Å². The zero-order chi connectivity index (χ0) is 25.2. The standard InChI is InChI=1S/C21H18FN3O.C6H12N2O/c1-3-19-17(7-4-14-5-9-21(23-2)25-13-14)16(10-11-24-19)15-6-8-20(26)18(22)12-15;1-7-2-4-8(6-9)5-3-7/h5-6,8-13,26H,3H2,1-2H3,(H,23,25);6H,2-5H2,1H3. The molecule has 0 bridgehead atoms. The maximum Gasteiger partial charge on any atom is 0.209 e. The number of likely N-dealkylation sites (N-methyl/N-ethyl adjacent to an activating group) is 1. The van der Waals surface area contributed by atoms with Crippen molar-refractivity contribution in [3.63, 3.8) is 0 Å². The number of halogens is 1. The summed E-state index contributed by atoms with van der Waals surface area (Å²) in [4.78, 5) is 22.8. The third kappa shape index (κ3) is 7.01. The van der Waals surface area contributed by atoms with E-state index in [9.17, 15) is 14.3 Å². The van der Waals surface area contributed by atoms with Crippen LogP contribution in [-0.2, 0) is 11.2 Å². The molecule has 0 aliphatic carbocycles. The molecule has 35 heavy (non-hydrogen) atoms. The molecule has 3 heterocycles. The Labute approximate surface area is 205 Å². The molecule has 1 amide bonds. The SMILES string of the molecule is CCc1nccc(-c2ccc(O)c(F)c2)c1C#Cc1ccc(NC)nc1.CN1CCN(C=O)CC1. The van der Waals surface area contributed by atoms with Gasteiger partial charge in [0.25, 0.3) is 0 Å². The predicted molar refractivity (Wildman–Crippen MR) is 136 cm³/mol. The van der Waals surface area contributed by atoms with Gasteiger partial charge >= 0.3 is 0 Å². The maximum absolute atomic E-state index is 13.8. The van der Waals surface area contributed by atoms with E-state index < -0.39 is 5.82 Å². The Morgan fingerprint density at radius 2 is 1.89 bits per heavy atom. The number of hydrogen-bond donors (Lipinski definition) is 2. The van der Waals surface area contributed by atoms with E-state index in [1.807, 2.05) is 19.1 Å². The molecular formula is C27H30FN5O2. The number of aryl methyl sites for hydroxylation is 1. The number of carbonyl (C=O) groups is 1. The normalized spacial score (nSPS) is 13.2. The van der Waals surface area contributed by atoms with Crippen LogP contribution in [0.1, 0.15) is 23.7 Å². The van der Waals surface area contributed by atoms with Gasteiger partial charge in [-0.3, -0.25) is 9.78 Å². The van der Waals surface area contributed by atoms with Gasteiger partial charge in [-0.15, -0.1) is 0 Å². The molecule has 1 aliphatic heterocycles. The van der Waals surface area contributed by atoms with Crippen LogP contribution in [-0.4, -0.2) is 71.6 Å². The van der Waals surface area contributed by atoms with Crippen LogP contribution in [0.3, 0.4) is 0 Å². The number of rotatable bonds is 4. The number of piperazine rings is 1. The fourth-order valence-corrected chi connectivity index (χ4v) is 3.51. The summed E-state index contributed by atoms with van der Waals surface area (Å²) >= 11 is 0. The van der Waals surface area contributed by atoms with E-state index in [0.717, 1.165) is 60.8 Å². The van der Waals surface area contributed by atoms with Gasteiger partial charge < -0.3 is 20.2 Å². The summed E-state index contributed by atoms with van der Waals surface area (Å²) in [6.45, 7) is 5.80. The van der Waals surface area contributed by atoms with E-state index in [-0.39, 0.29) is 5.75 Å². The van der Waals surface area contributed by atoms with Gasteiger partial charge in [-0.2, -0.15) is 0 Å². The van der Waals surface area contributed by atoms with Gasteiger partial charge in [-0.25, -0.2) is 9.37 Å². The van der Waals surface area contributed by atoms with E-state index >= 15 is 0 Å². The number of anilines is 1. The lowest BCUT2D eigenvalue weighted by atomic mass is 9.98. The van der Waals surface area contributed by atoms with E-state index in [4.69, 9.17) is 0 Å². The third-order valence-electron chi connectivity index (χ3n) is 5.66. The lowest BCUT2D eigenvalue weighted by molar-refractivity contribution is -0.119. The summed E-state index contributed by atoms with van der Waals surface area (Å²) < 4.78 is 13.8. The van der Waals surface area contributed by atoms with E-state index in [2.05, 4.69) is 39.1 Å². The third-order valence-corrected chi connectivity index (χ3v) is 5.66. The summed E-state index contributed by atoms with van der Waals surface area (Å²) in [5.41, 5.74) is 3.78. The number of pyridine rings is 2. The average Bonchev–Trinajstić information content (AvgIpc) is 2.90. The number of phenols is 1. The minimum absolute atomic E-state index is 0.373. The zero-order valence-electron chi connectivity index (χ0n) is 20.3. The van der Waals surface area contributed by atoms with Crippen LogP contribution in [0.4, 0.5) is 10.2 Å². The van der Waals surface area contributed by atoms with Crippen molar-refractivity contribution in [2.24, 2.45) is 0 Å². The molecule has 0 unspecified atom stereocenters. The molecule has 3 aromatic rings. The molecule has 1 aromatic carbocycles. The summed E-state index contributed by atoms with van der Waals surface area (Å²) in [6.07, 6.45) is 5.01. The van der Waals surface area contributed by atoms with Crippen molar-refractivity contribution in [3.05, 3.63) is 71.4 Å². The number of aromatic nitrogens is 2. The Bertz CT molecular complexity index is 1200. The summed E-state index contributed by atoms with van der Waals surface area (Å²) in [5.74, 6) is 5.99. The largest absolute Gasteiger partial charge is 0.505 e. The first-order chi connectivity index (χ1) is 16.9. The monoisotopic (exact) mass is 475 g/mol. The van der Waals surface area contributed by atoms with Gasteiger partial charge in [0, 0.05) is 56.7 Å². The van der Waals surface area contributed by atoms with Crippen molar-refractivity contribution in [1.29, 1.82) is 0 Å². The average molecular weight is 476 g/mol. The number of amides is 1. The van der Waals surface area contributed by atoms with Crippen LogP contribution in [0.2, 0.25) is 0 Å². The van der Waals surface area contributed by atoms with Gasteiger partial charge in [0.2, 0.25) is 6.41 Å². The van der Waals surface area contributed by atoms with Crippen LogP contribution in [0, 0.1) is 17.7 Å². The van der Waals surface area contributed by atoms with Crippen molar-refractivity contribution in [2.75, 3.05) is 45.6 Å². The summed E-state index contributed by atoms with van der Waals surface area (Å²) in [5, 5.41) is 12.4. The minimum atomic E-state index is -0.664. The Morgan fingerprint density at radius 3 is 2.49 bits per heavy atom. The molecule has 0 atom stereocenters. The van der Waals surface area contributed by atoms with Crippen molar-refractivity contribution in [1.82, 2.24) is 19.8 Å². The van der Waals surface area contributed by atoms with Gasteiger partial charge in [-0.05, 0) is 49.4 Å². The Balaban J connectivity index is 0.000000320. The van der Waals surface area contributed by atoms with Gasteiger partial charge in [0.1, 0.15) is 5.82 Å². The van der Waals surface area contributed by atoms with Crippen LogP contribution in [0.15, 0.2) is 48.8 Å². The zero-order valence-corrected chi connectivity index (χ0v) is 20.3. The first kappa shape index (κ1) is 25.7. The number of aromatic hydroxyl groups is 1. The first-order valence-corrected chi connectivity index (χ1v) is 11.5. The van der Waals surface area contributed by atoms with E-state index in [1.54, 1.807) is 36.5 Å². The smallest absolute Gasteiger partial charge is 0.209 e. The molecule has 1 fully saturated rings. The molecular weight excluding hydrogens is 445 g/mol. The van der Waals surface area contributed by atoms with E-state index in [0.29, 0.717) is 12.0 Å². The lowest BCUT2D eigenvalue weighted by Crippen LogP contribution is -2.43. The molecule has 0 saturated carbocycles. The second-order valence-corrected chi connectivity index (χ2v) is 8.08. The highest BCUT2D eigenvalue weighted by atomic mass is 19.1. The van der Waals surface area contributed by atoms with Gasteiger partial charge in [-0.1, -0.05) is 24.8 Å². The quantitative estimate of drug-likeness (QED) is 0.445. The summed E-state index contributed by atoms with van der Waals surface area (Å²) in [6, 6.07) is 9.85. The highest BCUT2D eigenvalue weighted by molar-refractivity contribution is 5.73. The molecule has 1 aliphatic rings. The fraction of sp³-hybridized carbons (Fsp3) is 0.296. The molecule has 182 valence electrons. The molecule has 2 N–H and O–H groups in total. The fourth-order valence-electron chi connectivity index (χ4n) is 3.51. The highest BCUT2D eigenvalue weighted by Crippen LogP contribution is 2.28. The topological polar surface area (TPSA) is 81.6 Å². The molecule has 4 rings (SSSR count). The minimum Gasteiger partial charge on any atom is -0.505 e. The Kier molecular flexibility index (Phi) is 9.16. The lowest BCUT2D eigenvalue weighted by Gasteiger charge is -2.29. The van der Waals surface area contributed by atoms with Gasteiger partial charge in [0.15, 0.2) is 11.6 Å². The second-order valence-electron chi connectivity index (χ2n) is 8.08. The van der Waals surface area contributed by atoms with Crippen LogP contribution in [0.25, 0.3) is 11.1 Å². The van der Waals surface area contributed by atoms with Crippen molar-refractivity contribution in [3.8, 4) is 28.7 Å². The number of carbonyl (C=O) groups excluding carboxylic acids is 1. The Hall–Kier alpha value is -3.96. The molecule has 1 saturated heterocycles. The Morgan fingerprint density at radius 1 is 1.11 bits per heavy atom. The van der Waals surface area contributed by atoms with Crippen LogP contribution < -0.4 is 5.32 Å². The van der Waals surface area contributed by atoms with Crippen LogP contribution >= 0.6 is 0 Å². The summed E-state index contributed by atoms with van der Waals surface area (Å²) in [7, 11) is 3.88. The number of benzene rings is 1. The molecule has 2 aromatic heterocycles. The van der Waals surface area contributed by atoms with Crippen LogP contribution in [0.5, 0.6) is 5.75 Å². The van der Waals surface area contributed by atoms with E-state index in [1.165, 1.54) is 12.1 Å². The first-order valence-electron chi connectivity index (χ1n) is 11.5. The second kappa shape index (κ2) is 12.5. The number of hydrogen-bond acceptors (Lipinski definition) is 6. The molecule has 7 nitrogen and oxygen atoms in total. The van der Waals surface area contributed by atoms with Crippen molar-refractivity contribution >= 4 is 12.2 Å². The molecule has 8 heteroatoms. The number of nitrogens with one attached hydrogen (secondary N) is 1. The molecule has 0 radical (unpaired) electrons. The number of phenolic OH excluding ortho intramolecular Hbond substituents is 1. The number of nitrogens with zero attached hydrogens (tertiary/aromatic N) is 4. The van der Waals surface area contributed by atoms with Crippen molar-refractivity contribution in [2.45, 2.75) is 13.3 Å².